The van der Waals surface area contributed by atoms with Crippen molar-refractivity contribution < 1.29 is 20.1 Å². The van der Waals surface area contributed by atoms with Crippen molar-refractivity contribution in [2.24, 2.45) is 0 Å². The molecular formula is C14H11NO4. The molecule has 0 aliphatic heterocycles. The SMILES string of the molecule is O=C(/C=C/c1ccncc1)c1ccc(O)c(O)c1O. The van der Waals surface area contributed by atoms with Crippen LogP contribution in [0.15, 0.2) is 42.7 Å². The zero-order chi connectivity index (χ0) is 13.8. The van der Waals surface area contributed by atoms with E-state index in [9.17, 15) is 15.0 Å². The van der Waals surface area contributed by atoms with Gasteiger partial charge in [-0.25, -0.2) is 0 Å². The van der Waals surface area contributed by atoms with Crippen LogP contribution in [-0.4, -0.2) is 26.1 Å². The molecule has 1 heterocycles. The molecule has 0 unspecified atom stereocenters. The Kier molecular flexibility index (Phi) is 3.47. The van der Waals surface area contributed by atoms with Crippen molar-refractivity contribution in [3.63, 3.8) is 0 Å². The van der Waals surface area contributed by atoms with Crippen molar-refractivity contribution in [1.82, 2.24) is 4.98 Å². The molecule has 0 bridgehead atoms. The summed E-state index contributed by atoms with van der Waals surface area (Å²) in [5.41, 5.74) is 0.700. The van der Waals surface area contributed by atoms with E-state index in [0.717, 1.165) is 11.6 Å². The fraction of sp³-hybridized carbons (Fsp3) is 0. The Balaban J connectivity index is 2.26. The number of ketones is 1. The molecule has 2 aromatic rings. The molecular weight excluding hydrogens is 246 g/mol. The molecule has 0 saturated heterocycles. The van der Waals surface area contributed by atoms with E-state index in [1.54, 1.807) is 30.6 Å². The molecule has 19 heavy (non-hydrogen) atoms. The van der Waals surface area contributed by atoms with Gasteiger partial charge in [0.15, 0.2) is 17.3 Å². The molecule has 5 nitrogen and oxygen atoms in total. The number of allylic oxidation sites excluding steroid dienone is 1. The van der Waals surface area contributed by atoms with Crippen molar-refractivity contribution in [1.29, 1.82) is 0 Å². The molecule has 1 aromatic heterocycles. The number of benzene rings is 1. The van der Waals surface area contributed by atoms with Crippen molar-refractivity contribution in [3.8, 4) is 17.2 Å². The molecule has 3 N–H and O–H groups in total. The Bertz CT molecular complexity index is 635. The third-order valence-electron chi connectivity index (χ3n) is 2.53. The molecule has 0 spiro atoms. The number of carbonyl (C=O) groups is 1. The number of aromatic hydroxyl groups is 3. The lowest BCUT2D eigenvalue weighted by Crippen LogP contribution is -1.95. The van der Waals surface area contributed by atoms with Crippen LogP contribution >= 0.6 is 0 Å². The zero-order valence-electron chi connectivity index (χ0n) is 9.82. The fourth-order valence-electron chi connectivity index (χ4n) is 1.50. The topological polar surface area (TPSA) is 90.7 Å². The highest BCUT2D eigenvalue weighted by molar-refractivity contribution is 6.09. The first kappa shape index (κ1) is 12.6. The highest BCUT2D eigenvalue weighted by Crippen LogP contribution is 2.37. The molecule has 0 aliphatic rings. The summed E-state index contributed by atoms with van der Waals surface area (Å²) in [6, 6.07) is 5.82. The molecule has 1 aromatic carbocycles. The number of rotatable bonds is 3. The van der Waals surface area contributed by atoms with Crippen molar-refractivity contribution in [3.05, 3.63) is 53.9 Å². The van der Waals surface area contributed by atoms with Gasteiger partial charge in [0, 0.05) is 12.4 Å². The van der Waals surface area contributed by atoms with E-state index in [2.05, 4.69) is 4.98 Å². The molecule has 0 aliphatic carbocycles. The number of nitrogens with zero attached hydrogens (tertiary/aromatic N) is 1. The summed E-state index contributed by atoms with van der Waals surface area (Å²) >= 11 is 0. The van der Waals surface area contributed by atoms with E-state index < -0.39 is 23.0 Å². The number of aromatic nitrogens is 1. The van der Waals surface area contributed by atoms with Crippen LogP contribution in [0.25, 0.3) is 6.08 Å². The normalized spacial score (nSPS) is 10.7. The molecule has 0 saturated carbocycles. The summed E-state index contributed by atoms with van der Waals surface area (Å²) < 4.78 is 0. The summed E-state index contributed by atoms with van der Waals surface area (Å²) in [4.78, 5) is 15.7. The lowest BCUT2D eigenvalue weighted by molar-refractivity contribution is 0.104. The summed E-state index contributed by atoms with van der Waals surface area (Å²) in [5, 5.41) is 28.1. The first-order valence-electron chi connectivity index (χ1n) is 5.46. The minimum absolute atomic E-state index is 0.0828. The first-order chi connectivity index (χ1) is 9.09. The van der Waals surface area contributed by atoms with Gasteiger partial charge in [0.25, 0.3) is 0 Å². The van der Waals surface area contributed by atoms with Crippen LogP contribution in [0.3, 0.4) is 0 Å². The van der Waals surface area contributed by atoms with Crippen molar-refractivity contribution >= 4 is 11.9 Å². The highest BCUT2D eigenvalue weighted by Gasteiger charge is 2.14. The van der Waals surface area contributed by atoms with Crippen LogP contribution < -0.4 is 0 Å². The van der Waals surface area contributed by atoms with Crippen molar-refractivity contribution in [2.75, 3.05) is 0 Å². The standard InChI is InChI=1S/C14H11NO4/c16-11(3-1-9-5-7-15-8-6-9)10-2-4-12(17)14(19)13(10)18/h1-8,17-19H/b3-1+. The Morgan fingerprint density at radius 3 is 2.37 bits per heavy atom. The number of hydrogen-bond acceptors (Lipinski definition) is 5. The maximum atomic E-state index is 11.8. The van der Waals surface area contributed by atoms with E-state index in [0.29, 0.717) is 0 Å². The summed E-state index contributed by atoms with van der Waals surface area (Å²) in [5.74, 6) is -2.30. The predicted octanol–water partition coefficient (Wildman–Crippen LogP) is 2.09. The van der Waals surface area contributed by atoms with E-state index in [4.69, 9.17) is 5.11 Å². The summed E-state index contributed by atoms with van der Waals surface area (Å²) in [7, 11) is 0. The third-order valence-corrected chi connectivity index (χ3v) is 2.53. The Morgan fingerprint density at radius 1 is 1.00 bits per heavy atom. The van der Waals surface area contributed by atoms with Crippen LogP contribution in [0.2, 0.25) is 0 Å². The van der Waals surface area contributed by atoms with E-state index in [-0.39, 0.29) is 5.56 Å². The van der Waals surface area contributed by atoms with Gasteiger partial charge >= 0.3 is 0 Å². The Morgan fingerprint density at radius 2 is 1.68 bits per heavy atom. The largest absolute Gasteiger partial charge is 0.504 e. The lowest BCUT2D eigenvalue weighted by atomic mass is 10.1. The Labute approximate surface area is 109 Å². The second-order valence-electron chi connectivity index (χ2n) is 3.81. The number of carbonyl (C=O) groups excluding carboxylic acids is 1. The maximum Gasteiger partial charge on any atom is 0.201 e. The summed E-state index contributed by atoms with van der Waals surface area (Å²) in [6.45, 7) is 0. The van der Waals surface area contributed by atoms with Gasteiger partial charge in [-0.2, -0.15) is 0 Å². The van der Waals surface area contributed by atoms with Gasteiger partial charge in [0.2, 0.25) is 5.75 Å². The van der Waals surface area contributed by atoms with Gasteiger partial charge < -0.3 is 15.3 Å². The number of phenolic OH excluding ortho intramolecular Hbond substituents is 3. The van der Waals surface area contributed by atoms with Gasteiger partial charge in [-0.3, -0.25) is 9.78 Å². The van der Waals surface area contributed by atoms with Crippen LogP contribution in [0.5, 0.6) is 17.2 Å². The molecule has 0 fully saturated rings. The van der Waals surface area contributed by atoms with Gasteiger partial charge in [0.05, 0.1) is 5.56 Å². The van der Waals surface area contributed by atoms with E-state index in [1.165, 1.54) is 12.1 Å². The molecule has 5 heteroatoms. The van der Waals surface area contributed by atoms with Crippen molar-refractivity contribution in [2.45, 2.75) is 0 Å². The van der Waals surface area contributed by atoms with Gasteiger partial charge in [-0.05, 0) is 35.9 Å². The van der Waals surface area contributed by atoms with Crippen LogP contribution in [0, 0.1) is 0 Å². The van der Waals surface area contributed by atoms with Crippen LogP contribution in [-0.2, 0) is 0 Å². The van der Waals surface area contributed by atoms with E-state index in [1.807, 2.05) is 0 Å². The average molecular weight is 257 g/mol. The van der Waals surface area contributed by atoms with Gasteiger partial charge in [-0.1, -0.05) is 6.08 Å². The second kappa shape index (κ2) is 5.22. The van der Waals surface area contributed by atoms with Crippen LogP contribution in [0.1, 0.15) is 15.9 Å². The maximum absolute atomic E-state index is 11.8. The van der Waals surface area contributed by atoms with E-state index >= 15 is 0 Å². The molecule has 0 atom stereocenters. The average Bonchev–Trinajstić information content (AvgIpc) is 2.43. The molecule has 96 valence electrons. The Hall–Kier alpha value is -2.82. The zero-order valence-corrected chi connectivity index (χ0v) is 9.82. The number of pyridine rings is 1. The number of phenols is 3. The van der Waals surface area contributed by atoms with Gasteiger partial charge in [-0.15, -0.1) is 0 Å². The minimum atomic E-state index is -0.705. The smallest absolute Gasteiger partial charge is 0.201 e. The predicted molar refractivity (Wildman–Crippen MR) is 69.0 cm³/mol. The minimum Gasteiger partial charge on any atom is -0.504 e. The first-order valence-corrected chi connectivity index (χ1v) is 5.46. The van der Waals surface area contributed by atoms with Crippen LogP contribution in [0.4, 0.5) is 0 Å². The quantitative estimate of drug-likeness (QED) is 0.445. The molecule has 0 radical (unpaired) electrons. The summed E-state index contributed by atoms with van der Waals surface area (Å²) in [6.07, 6.45) is 6.01. The monoisotopic (exact) mass is 257 g/mol. The molecule has 2 rings (SSSR count). The highest BCUT2D eigenvalue weighted by atomic mass is 16.3. The third kappa shape index (κ3) is 2.71. The fourth-order valence-corrected chi connectivity index (χ4v) is 1.50. The lowest BCUT2D eigenvalue weighted by Gasteiger charge is -2.04. The second-order valence-corrected chi connectivity index (χ2v) is 3.81. The van der Waals surface area contributed by atoms with Gasteiger partial charge in [0.1, 0.15) is 0 Å². The molecule has 0 amide bonds. The number of hydrogen-bond donors (Lipinski definition) is 3.